The van der Waals surface area contributed by atoms with E-state index in [1.807, 2.05) is 0 Å². The Balaban J connectivity index is 1.84. The van der Waals surface area contributed by atoms with Crippen LogP contribution in [0.15, 0.2) is 30.3 Å². The summed E-state index contributed by atoms with van der Waals surface area (Å²) in [5.41, 5.74) is 1.37. The van der Waals surface area contributed by atoms with Gasteiger partial charge in [0.25, 0.3) is 0 Å². The number of likely N-dealkylation sites (tertiary alicyclic amines) is 1. The lowest BCUT2D eigenvalue weighted by molar-refractivity contribution is 0.0525. The highest BCUT2D eigenvalue weighted by Crippen LogP contribution is 2.46. The number of hydrogen-bond donors (Lipinski definition) is 1. The maximum absolute atomic E-state index is 9.61. The minimum absolute atomic E-state index is 0.318. The first kappa shape index (κ1) is 11.2. The second kappa shape index (κ2) is 4.43. The Morgan fingerprint density at radius 3 is 2.76 bits per heavy atom. The summed E-state index contributed by atoms with van der Waals surface area (Å²) in [4.78, 5) is 2.56. The van der Waals surface area contributed by atoms with Gasteiger partial charge in [0.2, 0.25) is 0 Å². The molecule has 2 aliphatic rings. The Kier molecular flexibility index (Phi) is 2.93. The Morgan fingerprint density at radius 1 is 1.29 bits per heavy atom. The van der Waals surface area contributed by atoms with Gasteiger partial charge in [-0.05, 0) is 37.7 Å². The average Bonchev–Trinajstić information content (AvgIpc) is 2.98. The monoisotopic (exact) mass is 231 g/mol. The summed E-state index contributed by atoms with van der Waals surface area (Å²) < 4.78 is 0. The molecule has 1 N–H and O–H groups in total. The van der Waals surface area contributed by atoms with E-state index in [0.717, 1.165) is 5.92 Å². The molecule has 17 heavy (non-hydrogen) atoms. The molecule has 0 amide bonds. The van der Waals surface area contributed by atoms with Crippen molar-refractivity contribution in [2.24, 2.45) is 5.92 Å². The van der Waals surface area contributed by atoms with Crippen LogP contribution in [-0.4, -0.2) is 28.7 Å². The molecule has 1 saturated carbocycles. The van der Waals surface area contributed by atoms with Crippen molar-refractivity contribution >= 4 is 0 Å². The number of benzene rings is 1. The molecule has 0 spiro atoms. The van der Waals surface area contributed by atoms with E-state index < -0.39 is 0 Å². The molecule has 0 aromatic heterocycles. The van der Waals surface area contributed by atoms with Crippen molar-refractivity contribution in [3.8, 4) is 0 Å². The van der Waals surface area contributed by atoms with Gasteiger partial charge < -0.3 is 5.11 Å². The zero-order chi connectivity index (χ0) is 11.8. The third kappa shape index (κ3) is 1.80. The first-order valence-corrected chi connectivity index (χ1v) is 6.74. The molecule has 1 saturated heterocycles. The van der Waals surface area contributed by atoms with E-state index in [1.165, 1.54) is 24.8 Å². The molecule has 0 radical (unpaired) electrons. The highest BCUT2D eigenvalue weighted by Gasteiger charge is 2.47. The second-order valence-electron chi connectivity index (χ2n) is 5.51. The fourth-order valence-electron chi connectivity index (χ4n) is 3.88. The molecule has 1 aromatic carbocycles. The van der Waals surface area contributed by atoms with Gasteiger partial charge in [-0.2, -0.15) is 0 Å². The molecule has 2 fully saturated rings. The van der Waals surface area contributed by atoms with E-state index in [4.69, 9.17) is 0 Å². The summed E-state index contributed by atoms with van der Waals surface area (Å²) in [5, 5.41) is 9.61. The molecule has 2 bridgehead atoms. The van der Waals surface area contributed by atoms with Crippen molar-refractivity contribution in [3.05, 3.63) is 35.9 Å². The summed E-state index contributed by atoms with van der Waals surface area (Å²) in [6, 6.07) is 12.2. The van der Waals surface area contributed by atoms with Crippen LogP contribution in [0.3, 0.4) is 0 Å². The van der Waals surface area contributed by atoms with Gasteiger partial charge in [0.15, 0.2) is 0 Å². The van der Waals surface area contributed by atoms with Crippen molar-refractivity contribution in [3.63, 3.8) is 0 Å². The van der Waals surface area contributed by atoms with Crippen LogP contribution >= 0.6 is 0 Å². The molecule has 1 heterocycles. The standard InChI is InChI=1S/C15H21NO/c1-11(12-5-3-2-4-6-12)16-14-8-7-13(9-14)15(16)10-17/h2-6,11,13-15,17H,7-10H2,1H3/t11-,13+,14+,15-/m1/s1. The topological polar surface area (TPSA) is 23.5 Å². The molecular weight excluding hydrogens is 210 g/mol. The first-order valence-electron chi connectivity index (χ1n) is 6.74. The largest absolute Gasteiger partial charge is 0.395 e. The molecule has 1 aliphatic heterocycles. The second-order valence-corrected chi connectivity index (χ2v) is 5.51. The smallest absolute Gasteiger partial charge is 0.0589 e. The van der Waals surface area contributed by atoms with E-state index in [9.17, 15) is 5.11 Å². The van der Waals surface area contributed by atoms with Crippen molar-refractivity contribution in [1.29, 1.82) is 0 Å². The summed E-state index contributed by atoms with van der Waals surface area (Å²) in [6.45, 7) is 2.59. The molecule has 0 unspecified atom stereocenters. The minimum atomic E-state index is 0.318. The maximum Gasteiger partial charge on any atom is 0.0589 e. The Labute approximate surface area is 103 Å². The fourth-order valence-corrected chi connectivity index (χ4v) is 3.88. The third-order valence-electron chi connectivity index (χ3n) is 4.71. The van der Waals surface area contributed by atoms with Crippen LogP contribution in [-0.2, 0) is 0 Å². The number of nitrogens with zero attached hydrogens (tertiary/aromatic N) is 1. The fraction of sp³-hybridized carbons (Fsp3) is 0.600. The lowest BCUT2D eigenvalue weighted by Gasteiger charge is -2.39. The third-order valence-corrected chi connectivity index (χ3v) is 4.71. The zero-order valence-corrected chi connectivity index (χ0v) is 10.4. The molecule has 1 aliphatic carbocycles. The quantitative estimate of drug-likeness (QED) is 0.864. The van der Waals surface area contributed by atoms with E-state index in [-0.39, 0.29) is 0 Å². The van der Waals surface area contributed by atoms with Crippen LogP contribution in [0.25, 0.3) is 0 Å². The van der Waals surface area contributed by atoms with Gasteiger partial charge in [-0.25, -0.2) is 0 Å². The van der Waals surface area contributed by atoms with Crippen LogP contribution < -0.4 is 0 Å². The van der Waals surface area contributed by atoms with Gasteiger partial charge in [-0.1, -0.05) is 30.3 Å². The van der Waals surface area contributed by atoms with Gasteiger partial charge >= 0.3 is 0 Å². The molecule has 3 rings (SSSR count). The predicted octanol–water partition coefficient (Wildman–Crippen LogP) is 2.59. The van der Waals surface area contributed by atoms with Crippen LogP contribution in [0.1, 0.15) is 37.8 Å². The maximum atomic E-state index is 9.61. The van der Waals surface area contributed by atoms with Gasteiger partial charge in [-0.3, -0.25) is 4.90 Å². The molecule has 1 aromatic rings. The lowest BCUT2D eigenvalue weighted by atomic mass is 9.96. The number of fused-ring (bicyclic) bond motifs is 2. The highest BCUT2D eigenvalue weighted by atomic mass is 16.3. The first-order chi connectivity index (χ1) is 8.31. The average molecular weight is 231 g/mol. The summed E-state index contributed by atoms with van der Waals surface area (Å²) in [5.74, 6) is 0.733. The Bertz CT molecular complexity index is 378. The van der Waals surface area contributed by atoms with Crippen LogP contribution in [0.2, 0.25) is 0 Å². The Hall–Kier alpha value is -0.860. The van der Waals surface area contributed by atoms with Crippen LogP contribution in [0.4, 0.5) is 0 Å². The van der Waals surface area contributed by atoms with Crippen LogP contribution in [0.5, 0.6) is 0 Å². The molecule has 2 nitrogen and oxygen atoms in total. The van der Waals surface area contributed by atoms with E-state index in [2.05, 4.69) is 42.2 Å². The predicted molar refractivity (Wildman–Crippen MR) is 68.7 cm³/mol. The van der Waals surface area contributed by atoms with Crippen molar-refractivity contribution in [2.75, 3.05) is 6.61 Å². The van der Waals surface area contributed by atoms with E-state index >= 15 is 0 Å². The van der Waals surface area contributed by atoms with E-state index in [0.29, 0.717) is 24.7 Å². The van der Waals surface area contributed by atoms with E-state index in [1.54, 1.807) is 0 Å². The lowest BCUT2D eigenvalue weighted by Crippen LogP contribution is -2.44. The Morgan fingerprint density at radius 2 is 2.06 bits per heavy atom. The van der Waals surface area contributed by atoms with Crippen molar-refractivity contribution < 1.29 is 5.11 Å². The normalized spacial score (nSPS) is 34.1. The van der Waals surface area contributed by atoms with Crippen molar-refractivity contribution in [2.45, 2.75) is 44.3 Å². The van der Waals surface area contributed by atoms with Crippen LogP contribution in [0, 0.1) is 5.92 Å². The number of rotatable bonds is 3. The number of aliphatic hydroxyl groups excluding tert-OH is 1. The highest BCUT2D eigenvalue weighted by molar-refractivity contribution is 5.20. The van der Waals surface area contributed by atoms with Gasteiger partial charge in [0.1, 0.15) is 0 Å². The zero-order valence-electron chi connectivity index (χ0n) is 10.4. The summed E-state index contributed by atoms with van der Waals surface area (Å²) in [7, 11) is 0. The number of hydrogen-bond acceptors (Lipinski definition) is 2. The number of aliphatic hydroxyl groups is 1. The summed E-state index contributed by atoms with van der Waals surface area (Å²) >= 11 is 0. The molecular formula is C15H21NO. The van der Waals surface area contributed by atoms with Gasteiger partial charge in [0, 0.05) is 18.1 Å². The minimum Gasteiger partial charge on any atom is -0.395 e. The summed E-state index contributed by atoms with van der Waals surface area (Å²) in [6.07, 6.45) is 3.93. The SMILES string of the molecule is C[C@H](c1ccccc1)N1[C@H]2CC[C@@H](C2)[C@H]1CO. The van der Waals surface area contributed by atoms with Gasteiger partial charge in [0.05, 0.1) is 6.61 Å². The molecule has 2 heteroatoms. The molecule has 4 atom stereocenters. The number of piperidine rings is 1. The van der Waals surface area contributed by atoms with Crippen molar-refractivity contribution in [1.82, 2.24) is 4.90 Å². The van der Waals surface area contributed by atoms with Gasteiger partial charge in [-0.15, -0.1) is 0 Å². The molecule has 92 valence electrons.